The molecule has 34 heavy (non-hydrogen) atoms. The Balaban J connectivity index is 1.70. The number of carboxylic acids is 1. The minimum atomic E-state index is -1.12. The normalized spacial score (nSPS) is 17.4. The SMILES string of the molecule is CC[C@H](C)[C@H](S)C(=O)NC1(C(=O)NC(Cc2ccc(-c3cncnc3)cc2)C(=O)O)CCCC1. The number of nitrogens with zero attached hydrogens (tertiary/aromatic N) is 2. The van der Waals surface area contributed by atoms with Gasteiger partial charge in [-0.25, -0.2) is 14.8 Å². The number of thiol groups is 1. The van der Waals surface area contributed by atoms with Crippen LogP contribution in [-0.2, 0) is 20.8 Å². The summed E-state index contributed by atoms with van der Waals surface area (Å²) >= 11 is 4.44. The molecule has 1 unspecified atom stereocenters. The average molecular weight is 485 g/mol. The van der Waals surface area contributed by atoms with Crippen LogP contribution in [0.1, 0.15) is 51.5 Å². The van der Waals surface area contributed by atoms with E-state index in [-0.39, 0.29) is 18.2 Å². The molecule has 182 valence electrons. The van der Waals surface area contributed by atoms with Gasteiger partial charge in [0.15, 0.2) is 0 Å². The van der Waals surface area contributed by atoms with Gasteiger partial charge in [0.2, 0.25) is 11.8 Å². The highest BCUT2D eigenvalue weighted by atomic mass is 32.1. The van der Waals surface area contributed by atoms with Crippen molar-refractivity contribution in [2.75, 3.05) is 0 Å². The molecule has 8 nitrogen and oxygen atoms in total. The van der Waals surface area contributed by atoms with Gasteiger partial charge in [0.05, 0.1) is 5.25 Å². The van der Waals surface area contributed by atoms with Crippen LogP contribution in [0.25, 0.3) is 11.1 Å². The molecule has 3 atom stereocenters. The van der Waals surface area contributed by atoms with Gasteiger partial charge in [-0.05, 0) is 29.9 Å². The minimum absolute atomic E-state index is 0.0574. The third kappa shape index (κ3) is 6.14. The number of carbonyl (C=O) groups is 3. The molecule has 1 heterocycles. The van der Waals surface area contributed by atoms with Gasteiger partial charge in [0, 0.05) is 24.4 Å². The van der Waals surface area contributed by atoms with Crippen molar-refractivity contribution < 1.29 is 19.5 Å². The van der Waals surface area contributed by atoms with Crippen LogP contribution in [0.3, 0.4) is 0 Å². The van der Waals surface area contributed by atoms with E-state index >= 15 is 0 Å². The van der Waals surface area contributed by atoms with Crippen LogP contribution in [0.5, 0.6) is 0 Å². The molecule has 0 saturated heterocycles. The van der Waals surface area contributed by atoms with Crippen molar-refractivity contribution in [3.05, 3.63) is 48.5 Å². The van der Waals surface area contributed by atoms with Gasteiger partial charge in [-0.15, -0.1) is 0 Å². The van der Waals surface area contributed by atoms with Crippen LogP contribution < -0.4 is 10.6 Å². The molecule has 3 N–H and O–H groups in total. The maximum Gasteiger partial charge on any atom is 0.326 e. The quantitative estimate of drug-likeness (QED) is 0.385. The number of nitrogens with one attached hydrogen (secondary N) is 2. The van der Waals surface area contributed by atoms with E-state index in [2.05, 4.69) is 33.2 Å². The second kappa shape index (κ2) is 11.5. The molecule has 1 aliphatic rings. The minimum Gasteiger partial charge on any atom is -0.480 e. The highest BCUT2D eigenvalue weighted by Crippen LogP contribution is 2.31. The molecule has 0 radical (unpaired) electrons. The molecule has 9 heteroatoms. The zero-order chi connectivity index (χ0) is 24.7. The van der Waals surface area contributed by atoms with Crippen LogP contribution >= 0.6 is 12.6 Å². The molecular weight excluding hydrogens is 452 g/mol. The molecule has 2 aromatic rings. The van der Waals surface area contributed by atoms with Crippen LogP contribution in [0, 0.1) is 5.92 Å². The highest BCUT2D eigenvalue weighted by molar-refractivity contribution is 7.81. The zero-order valence-corrected chi connectivity index (χ0v) is 20.4. The van der Waals surface area contributed by atoms with Gasteiger partial charge in [0.1, 0.15) is 17.9 Å². The fraction of sp³-hybridized carbons (Fsp3) is 0.480. The molecule has 1 aliphatic carbocycles. The first-order valence-corrected chi connectivity index (χ1v) is 12.2. The summed E-state index contributed by atoms with van der Waals surface area (Å²) in [4.78, 5) is 46.0. The summed E-state index contributed by atoms with van der Waals surface area (Å²) in [5.41, 5.74) is 1.44. The Morgan fingerprint density at radius 3 is 2.26 bits per heavy atom. The Hall–Kier alpha value is -2.94. The molecule has 3 rings (SSSR count). The fourth-order valence-corrected chi connectivity index (χ4v) is 4.47. The van der Waals surface area contributed by atoms with Crippen molar-refractivity contribution >= 4 is 30.4 Å². The summed E-state index contributed by atoms with van der Waals surface area (Å²) in [5, 5.41) is 14.9. The van der Waals surface area contributed by atoms with Gasteiger partial charge in [0.25, 0.3) is 0 Å². The van der Waals surface area contributed by atoms with Crippen molar-refractivity contribution in [2.24, 2.45) is 5.92 Å². The summed E-state index contributed by atoms with van der Waals surface area (Å²) in [6.07, 6.45) is 8.31. The number of benzene rings is 1. The van der Waals surface area contributed by atoms with E-state index in [1.54, 1.807) is 12.4 Å². The molecule has 1 aromatic heterocycles. The topological polar surface area (TPSA) is 121 Å². The second-order valence-electron chi connectivity index (χ2n) is 9.00. The van der Waals surface area contributed by atoms with E-state index in [1.807, 2.05) is 38.1 Å². The third-order valence-electron chi connectivity index (χ3n) is 6.60. The monoisotopic (exact) mass is 484 g/mol. The first-order valence-electron chi connectivity index (χ1n) is 11.6. The molecule has 2 amide bonds. The van der Waals surface area contributed by atoms with Crippen molar-refractivity contribution in [1.29, 1.82) is 0 Å². The van der Waals surface area contributed by atoms with Crippen molar-refractivity contribution in [2.45, 2.75) is 69.2 Å². The Kier molecular flexibility index (Phi) is 8.66. The summed E-state index contributed by atoms with van der Waals surface area (Å²) < 4.78 is 0. The molecule has 0 spiro atoms. The van der Waals surface area contributed by atoms with Gasteiger partial charge in [-0.1, -0.05) is 57.4 Å². The number of aliphatic carboxylic acids is 1. The maximum absolute atomic E-state index is 13.3. The number of rotatable bonds is 10. The van der Waals surface area contributed by atoms with E-state index in [1.165, 1.54) is 6.33 Å². The number of aromatic nitrogens is 2. The standard InChI is InChI=1S/C25H32N4O4S/c1-3-16(2)21(34)22(30)29-25(10-4-5-11-25)24(33)28-20(23(31)32)12-17-6-8-18(9-7-17)19-13-26-15-27-14-19/h6-9,13-16,20-21,34H,3-5,10-12H2,1-2H3,(H,28,33)(H,29,30)(H,31,32)/t16-,20?,21-/m0/s1. The lowest BCUT2D eigenvalue weighted by Crippen LogP contribution is -2.61. The zero-order valence-electron chi connectivity index (χ0n) is 19.5. The number of hydrogen-bond acceptors (Lipinski definition) is 6. The summed E-state index contributed by atoms with van der Waals surface area (Å²) in [7, 11) is 0. The molecule has 1 aromatic carbocycles. The number of amides is 2. The Morgan fingerprint density at radius 2 is 1.71 bits per heavy atom. The highest BCUT2D eigenvalue weighted by Gasteiger charge is 2.44. The Bertz CT molecular complexity index is 994. The van der Waals surface area contributed by atoms with Crippen molar-refractivity contribution in [1.82, 2.24) is 20.6 Å². The van der Waals surface area contributed by atoms with E-state index in [9.17, 15) is 19.5 Å². The predicted molar refractivity (Wildman–Crippen MR) is 132 cm³/mol. The van der Waals surface area contributed by atoms with Crippen molar-refractivity contribution in [3.8, 4) is 11.1 Å². The number of hydrogen-bond donors (Lipinski definition) is 4. The second-order valence-corrected chi connectivity index (χ2v) is 9.56. The van der Waals surface area contributed by atoms with E-state index in [0.29, 0.717) is 12.8 Å². The number of carboxylic acid groups (broad SMARTS) is 1. The molecular formula is C25H32N4O4S. The summed E-state index contributed by atoms with van der Waals surface area (Å²) in [5.74, 6) is -1.81. The van der Waals surface area contributed by atoms with E-state index in [4.69, 9.17) is 0 Å². The molecule has 1 fully saturated rings. The largest absolute Gasteiger partial charge is 0.480 e. The third-order valence-corrected chi connectivity index (χ3v) is 7.34. The lowest BCUT2D eigenvalue weighted by Gasteiger charge is -2.32. The summed E-state index contributed by atoms with van der Waals surface area (Å²) in [6.45, 7) is 3.92. The lowest BCUT2D eigenvalue weighted by atomic mass is 9.93. The van der Waals surface area contributed by atoms with Gasteiger partial charge in [-0.3, -0.25) is 9.59 Å². The smallest absolute Gasteiger partial charge is 0.326 e. The Labute approximate surface area is 205 Å². The Morgan fingerprint density at radius 1 is 1.09 bits per heavy atom. The van der Waals surface area contributed by atoms with E-state index < -0.39 is 28.7 Å². The molecule has 0 bridgehead atoms. The van der Waals surface area contributed by atoms with Crippen LogP contribution in [0.2, 0.25) is 0 Å². The molecule has 1 saturated carbocycles. The van der Waals surface area contributed by atoms with Gasteiger partial charge in [-0.2, -0.15) is 12.6 Å². The predicted octanol–water partition coefficient (Wildman–Crippen LogP) is 3.03. The van der Waals surface area contributed by atoms with Crippen molar-refractivity contribution in [3.63, 3.8) is 0 Å². The van der Waals surface area contributed by atoms with Gasteiger partial charge < -0.3 is 15.7 Å². The fourth-order valence-electron chi connectivity index (χ4n) is 4.19. The first kappa shape index (κ1) is 25.7. The average Bonchev–Trinajstić information content (AvgIpc) is 3.33. The maximum atomic E-state index is 13.3. The molecule has 0 aliphatic heterocycles. The van der Waals surface area contributed by atoms with E-state index in [0.717, 1.165) is 36.0 Å². The van der Waals surface area contributed by atoms with Crippen LogP contribution in [-0.4, -0.2) is 49.7 Å². The van der Waals surface area contributed by atoms with Gasteiger partial charge >= 0.3 is 5.97 Å². The first-order chi connectivity index (χ1) is 16.3. The summed E-state index contributed by atoms with van der Waals surface area (Å²) in [6, 6.07) is 6.28. The van der Waals surface area contributed by atoms with Crippen LogP contribution in [0.4, 0.5) is 0 Å². The lowest BCUT2D eigenvalue weighted by molar-refractivity contribution is -0.143. The van der Waals surface area contributed by atoms with Crippen LogP contribution in [0.15, 0.2) is 43.0 Å². The number of carbonyl (C=O) groups excluding carboxylic acids is 2.